The summed E-state index contributed by atoms with van der Waals surface area (Å²) in [6, 6.07) is 4.08. The summed E-state index contributed by atoms with van der Waals surface area (Å²) in [5, 5.41) is 7.22. The number of aromatic amines is 1. The first-order valence-corrected chi connectivity index (χ1v) is 7.91. The fourth-order valence-electron chi connectivity index (χ4n) is 2.90. The summed E-state index contributed by atoms with van der Waals surface area (Å²) >= 11 is 6.11. The summed E-state index contributed by atoms with van der Waals surface area (Å²) < 4.78 is 0. The van der Waals surface area contributed by atoms with Crippen molar-refractivity contribution in [3.05, 3.63) is 46.5 Å². The molecule has 2 aromatic heterocycles. The van der Waals surface area contributed by atoms with Crippen molar-refractivity contribution in [2.24, 2.45) is 5.92 Å². The number of rotatable bonds is 3. The summed E-state index contributed by atoms with van der Waals surface area (Å²) in [4.78, 5) is 18.5. The number of hydrogen-bond acceptors (Lipinski definition) is 3. The quantitative estimate of drug-likeness (QED) is 0.946. The van der Waals surface area contributed by atoms with E-state index in [1.165, 1.54) is 5.56 Å². The van der Waals surface area contributed by atoms with Gasteiger partial charge in [0, 0.05) is 25.5 Å². The van der Waals surface area contributed by atoms with Gasteiger partial charge in [0.25, 0.3) is 5.91 Å². The number of nitrogens with zero attached hydrogens (tertiary/aromatic N) is 3. The molecule has 3 heterocycles. The molecule has 0 spiro atoms. The minimum absolute atomic E-state index is 0.0748. The van der Waals surface area contributed by atoms with Gasteiger partial charge in [-0.25, -0.2) is 0 Å². The van der Waals surface area contributed by atoms with Gasteiger partial charge < -0.3 is 4.90 Å². The van der Waals surface area contributed by atoms with Crippen LogP contribution in [0.3, 0.4) is 0 Å². The first-order valence-electron chi connectivity index (χ1n) is 7.54. The number of H-pyrrole nitrogens is 1. The van der Waals surface area contributed by atoms with E-state index in [-0.39, 0.29) is 5.91 Å². The van der Waals surface area contributed by atoms with E-state index in [9.17, 15) is 4.79 Å². The molecule has 0 aromatic carbocycles. The lowest BCUT2D eigenvalue weighted by atomic mass is 9.90. The summed E-state index contributed by atoms with van der Waals surface area (Å²) in [7, 11) is 0. The maximum atomic E-state index is 12.4. The van der Waals surface area contributed by atoms with Gasteiger partial charge in [0.1, 0.15) is 0 Å². The number of carbonyl (C=O) groups is 1. The minimum Gasteiger partial charge on any atom is -0.337 e. The van der Waals surface area contributed by atoms with Gasteiger partial charge in [0.15, 0.2) is 5.69 Å². The van der Waals surface area contributed by atoms with Gasteiger partial charge in [-0.1, -0.05) is 17.7 Å². The molecule has 0 unspecified atom stereocenters. The monoisotopic (exact) mass is 318 g/mol. The fourth-order valence-corrected chi connectivity index (χ4v) is 3.06. The molecule has 1 N–H and O–H groups in total. The lowest BCUT2D eigenvalue weighted by molar-refractivity contribution is 0.0684. The Hall–Kier alpha value is -1.88. The van der Waals surface area contributed by atoms with Crippen LogP contribution < -0.4 is 0 Å². The van der Waals surface area contributed by atoms with Crippen molar-refractivity contribution in [1.29, 1.82) is 0 Å². The van der Waals surface area contributed by atoms with Crippen LogP contribution in [0.4, 0.5) is 0 Å². The van der Waals surface area contributed by atoms with E-state index in [2.05, 4.69) is 21.2 Å². The van der Waals surface area contributed by atoms with Crippen LogP contribution >= 0.6 is 11.6 Å². The highest BCUT2D eigenvalue weighted by Gasteiger charge is 2.27. The van der Waals surface area contributed by atoms with Crippen LogP contribution in [-0.2, 0) is 6.42 Å². The van der Waals surface area contributed by atoms with E-state index in [0.717, 1.165) is 38.0 Å². The molecule has 116 valence electrons. The molecule has 0 aliphatic carbocycles. The number of piperidine rings is 1. The average Bonchev–Trinajstić information content (AvgIpc) is 2.88. The number of pyridine rings is 1. The van der Waals surface area contributed by atoms with Gasteiger partial charge in [-0.3, -0.25) is 14.9 Å². The second-order valence-corrected chi connectivity index (χ2v) is 6.19. The Morgan fingerprint density at radius 3 is 2.82 bits per heavy atom. The number of aryl methyl sites for hydroxylation is 1. The van der Waals surface area contributed by atoms with Crippen LogP contribution in [0.2, 0.25) is 5.02 Å². The molecule has 1 aliphatic rings. The Balaban J connectivity index is 1.57. The van der Waals surface area contributed by atoms with Gasteiger partial charge >= 0.3 is 0 Å². The number of nitrogens with one attached hydrogen (secondary N) is 1. The van der Waals surface area contributed by atoms with Crippen LogP contribution in [0.15, 0.2) is 24.5 Å². The largest absolute Gasteiger partial charge is 0.337 e. The van der Waals surface area contributed by atoms with Gasteiger partial charge in [0.05, 0.1) is 10.7 Å². The number of hydrogen-bond donors (Lipinski definition) is 1. The van der Waals surface area contributed by atoms with Crippen LogP contribution in [-0.4, -0.2) is 39.1 Å². The van der Waals surface area contributed by atoms with Crippen molar-refractivity contribution in [3.63, 3.8) is 0 Å². The molecule has 0 bridgehead atoms. The molecule has 1 saturated heterocycles. The lowest BCUT2D eigenvalue weighted by Gasteiger charge is -2.31. The van der Waals surface area contributed by atoms with Crippen molar-refractivity contribution in [1.82, 2.24) is 20.1 Å². The molecular formula is C16H19ClN4O. The highest BCUT2D eigenvalue weighted by atomic mass is 35.5. The highest BCUT2D eigenvalue weighted by molar-refractivity contribution is 6.34. The van der Waals surface area contributed by atoms with E-state index in [1.54, 1.807) is 6.20 Å². The molecule has 5 nitrogen and oxygen atoms in total. The Kier molecular flexibility index (Phi) is 4.43. The smallest absolute Gasteiger partial charge is 0.275 e. The van der Waals surface area contributed by atoms with Crippen LogP contribution in [0.25, 0.3) is 0 Å². The standard InChI is InChI=1S/C16H19ClN4O/c1-11-14(17)15(20-19-11)16(22)21-7-4-12(5-8-21)9-13-3-2-6-18-10-13/h2-3,6,10,12H,4-5,7-9H2,1H3,(H,19,20). The first kappa shape index (κ1) is 15.0. The van der Waals surface area contributed by atoms with Crippen LogP contribution in [0, 0.1) is 12.8 Å². The molecule has 1 aliphatic heterocycles. The zero-order chi connectivity index (χ0) is 15.5. The second kappa shape index (κ2) is 6.48. The van der Waals surface area contributed by atoms with E-state index >= 15 is 0 Å². The lowest BCUT2D eigenvalue weighted by Crippen LogP contribution is -2.39. The number of amides is 1. The van der Waals surface area contributed by atoms with Gasteiger partial charge in [-0.2, -0.15) is 5.10 Å². The third kappa shape index (κ3) is 3.14. The van der Waals surface area contributed by atoms with Crippen molar-refractivity contribution >= 4 is 17.5 Å². The normalized spacial score (nSPS) is 16.0. The van der Waals surface area contributed by atoms with Gasteiger partial charge in [-0.05, 0) is 43.7 Å². The average molecular weight is 319 g/mol. The molecular weight excluding hydrogens is 300 g/mol. The van der Waals surface area contributed by atoms with E-state index < -0.39 is 0 Å². The topological polar surface area (TPSA) is 61.9 Å². The van der Waals surface area contributed by atoms with E-state index in [1.807, 2.05) is 24.1 Å². The Morgan fingerprint density at radius 2 is 2.23 bits per heavy atom. The summed E-state index contributed by atoms with van der Waals surface area (Å²) in [5.41, 5.74) is 2.33. The molecule has 22 heavy (non-hydrogen) atoms. The maximum absolute atomic E-state index is 12.4. The van der Waals surface area contributed by atoms with E-state index in [4.69, 9.17) is 11.6 Å². The third-order valence-corrected chi connectivity index (χ3v) is 4.69. The van der Waals surface area contributed by atoms with E-state index in [0.29, 0.717) is 16.6 Å². The summed E-state index contributed by atoms with van der Waals surface area (Å²) in [6.07, 6.45) is 6.74. The Bertz CT molecular complexity index is 647. The highest BCUT2D eigenvalue weighted by Crippen LogP contribution is 2.24. The number of aromatic nitrogens is 3. The number of carbonyl (C=O) groups excluding carboxylic acids is 1. The Morgan fingerprint density at radius 1 is 1.45 bits per heavy atom. The summed E-state index contributed by atoms with van der Waals surface area (Å²) in [6.45, 7) is 3.32. The molecule has 0 radical (unpaired) electrons. The molecule has 1 fully saturated rings. The number of halogens is 1. The van der Waals surface area contributed by atoms with Gasteiger partial charge in [0.2, 0.25) is 0 Å². The molecule has 6 heteroatoms. The predicted molar refractivity (Wildman–Crippen MR) is 84.9 cm³/mol. The molecule has 0 saturated carbocycles. The van der Waals surface area contributed by atoms with Crippen molar-refractivity contribution in [2.45, 2.75) is 26.2 Å². The van der Waals surface area contributed by atoms with Crippen molar-refractivity contribution in [3.8, 4) is 0 Å². The van der Waals surface area contributed by atoms with Crippen LogP contribution in [0.1, 0.15) is 34.6 Å². The maximum Gasteiger partial charge on any atom is 0.275 e. The molecule has 2 aromatic rings. The second-order valence-electron chi connectivity index (χ2n) is 5.81. The number of likely N-dealkylation sites (tertiary alicyclic amines) is 1. The molecule has 1 amide bonds. The van der Waals surface area contributed by atoms with Crippen molar-refractivity contribution < 1.29 is 4.79 Å². The zero-order valence-corrected chi connectivity index (χ0v) is 13.3. The zero-order valence-electron chi connectivity index (χ0n) is 12.6. The molecule has 0 atom stereocenters. The summed E-state index contributed by atoms with van der Waals surface area (Å²) in [5.74, 6) is 0.527. The Labute approximate surface area is 134 Å². The van der Waals surface area contributed by atoms with Crippen LogP contribution in [0.5, 0.6) is 0 Å². The SMILES string of the molecule is Cc1[nH]nc(C(=O)N2CCC(Cc3cccnc3)CC2)c1Cl. The molecule has 3 rings (SSSR count). The minimum atomic E-state index is -0.0748. The third-order valence-electron chi connectivity index (χ3n) is 4.22. The first-order chi connectivity index (χ1) is 10.6. The van der Waals surface area contributed by atoms with Crippen molar-refractivity contribution in [2.75, 3.05) is 13.1 Å². The predicted octanol–water partition coefficient (Wildman–Crippen LogP) is 2.86. The van der Waals surface area contributed by atoms with Gasteiger partial charge in [-0.15, -0.1) is 0 Å². The fraction of sp³-hybridized carbons (Fsp3) is 0.438.